The van der Waals surface area contributed by atoms with Gasteiger partial charge in [0, 0.05) is 7.11 Å². The van der Waals surface area contributed by atoms with E-state index in [9.17, 15) is 0 Å². The van der Waals surface area contributed by atoms with Crippen LogP contribution in [0.4, 0.5) is 0 Å². The molecule has 1 rings (SSSR count). The van der Waals surface area contributed by atoms with E-state index in [-0.39, 0.29) is 0 Å². The Morgan fingerprint density at radius 1 is 1.38 bits per heavy atom. The summed E-state index contributed by atoms with van der Waals surface area (Å²) in [7, 11) is 1.57. The lowest BCUT2D eigenvalue weighted by Gasteiger charge is -2.02. The van der Waals surface area contributed by atoms with Gasteiger partial charge in [-0.3, -0.25) is 0 Å². The second-order valence-electron chi connectivity index (χ2n) is 3.22. The summed E-state index contributed by atoms with van der Waals surface area (Å²) in [4.78, 5) is 0. The minimum absolute atomic E-state index is 0.337. The largest absolute Gasteiger partial charge is 0.494 e. The van der Waals surface area contributed by atoms with Crippen LogP contribution in [0.2, 0.25) is 0 Å². The molecule has 1 aromatic carbocycles. The fraction of sp³-hybridized carbons (Fsp3) is 0.308. The van der Waals surface area contributed by atoms with Crippen molar-refractivity contribution in [3.8, 4) is 11.8 Å². The van der Waals surface area contributed by atoms with Gasteiger partial charge in [0.1, 0.15) is 5.75 Å². The van der Waals surface area contributed by atoms with E-state index in [1.54, 1.807) is 13.2 Å². The van der Waals surface area contributed by atoms with Crippen LogP contribution in [-0.4, -0.2) is 20.3 Å². The molecule has 0 fully saturated rings. The molecule has 0 unspecified atom stereocenters. The van der Waals surface area contributed by atoms with Crippen LogP contribution >= 0.6 is 0 Å². The first-order valence-electron chi connectivity index (χ1n) is 5.12. The topological polar surface area (TPSA) is 42.2 Å². The molecule has 0 aliphatic rings. The summed E-state index contributed by atoms with van der Waals surface area (Å²) in [5.41, 5.74) is 1.57. The molecular formula is C13H15NO2. The number of nitrogens with zero attached hydrogens (tertiary/aromatic N) is 1. The molecule has 16 heavy (non-hydrogen) atoms. The third kappa shape index (κ3) is 3.76. The average Bonchev–Trinajstić information content (AvgIpc) is 2.31. The first kappa shape index (κ1) is 12.3. The first-order valence-corrected chi connectivity index (χ1v) is 5.12. The van der Waals surface area contributed by atoms with E-state index >= 15 is 0 Å². The second-order valence-corrected chi connectivity index (χ2v) is 3.22. The quantitative estimate of drug-likeness (QED) is 0.712. The van der Waals surface area contributed by atoms with Crippen molar-refractivity contribution in [1.29, 1.82) is 5.26 Å². The van der Waals surface area contributed by atoms with Crippen LogP contribution in [0.5, 0.6) is 5.75 Å². The molecular weight excluding hydrogens is 202 g/mol. The Morgan fingerprint density at radius 2 is 2.06 bits per heavy atom. The van der Waals surface area contributed by atoms with Gasteiger partial charge in [-0.05, 0) is 30.7 Å². The summed E-state index contributed by atoms with van der Waals surface area (Å²) in [6, 6.07) is 9.70. The maximum atomic E-state index is 8.83. The predicted octanol–water partition coefficient (Wildman–Crippen LogP) is 2.64. The molecule has 0 radical (unpaired) electrons. The number of hydrogen-bond acceptors (Lipinski definition) is 3. The predicted molar refractivity (Wildman–Crippen MR) is 63.1 cm³/mol. The van der Waals surface area contributed by atoms with Crippen LogP contribution in [0.25, 0.3) is 6.08 Å². The van der Waals surface area contributed by atoms with Crippen molar-refractivity contribution in [2.75, 3.05) is 20.3 Å². The van der Waals surface area contributed by atoms with E-state index in [0.717, 1.165) is 11.3 Å². The van der Waals surface area contributed by atoms with E-state index in [0.29, 0.717) is 18.8 Å². The van der Waals surface area contributed by atoms with Crippen LogP contribution < -0.4 is 4.74 Å². The Balaban J connectivity index is 2.77. The fourth-order valence-corrected chi connectivity index (χ4v) is 1.29. The normalized spacial score (nSPS) is 10.9. The van der Waals surface area contributed by atoms with E-state index in [2.05, 4.69) is 6.07 Å². The highest BCUT2D eigenvalue weighted by Gasteiger charge is 1.96. The third-order valence-electron chi connectivity index (χ3n) is 1.98. The molecule has 0 aromatic heterocycles. The molecule has 0 aliphatic heterocycles. The van der Waals surface area contributed by atoms with Crippen molar-refractivity contribution in [1.82, 2.24) is 0 Å². The van der Waals surface area contributed by atoms with Crippen molar-refractivity contribution in [3.63, 3.8) is 0 Å². The zero-order valence-corrected chi connectivity index (χ0v) is 9.56. The summed E-state index contributed by atoms with van der Waals surface area (Å²) in [5, 5.41) is 8.83. The van der Waals surface area contributed by atoms with Gasteiger partial charge in [0.25, 0.3) is 0 Å². The maximum Gasteiger partial charge on any atom is 0.119 e. The van der Waals surface area contributed by atoms with Gasteiger partial charge in [-0.25, -0.2) is 0 Å². The number of ether oxygens (including phenoxy) is 2. The van der Waals surface area contributed by atoms with E-state index in [4.69, 9.17) is 14.7 Å². The second kappa shape index (κ2) is 6.65. The molecule has 0 heterocycles. The molecule has 3 heteroatoms. The van der Waals surface area contributed by atoms with Gasteiger partial charge < -0.3 is 9.47 Å². The van der Waals surface area contributed by atoms with Gasteiger partial charge in [0.2, 0.25) is 0 Å². The molecule has 0 atom stereocenters. The average molecular weight is 217 g/mol. The van der Waals surface area contributed by atoms with Crippen LogP contribution in [0.3, 0.4) is 0 Å². The molecule has 1 aromatic rings. The summed E-state index contributed by atoms with van der Waals surface area (Å²) in [6.07, 6.45) is 1.80. The van der Waals surface area contributed by atoms with Gasteiger partial charge in [0.05, 0.1) is 24.9 Å². The third-order valence-corrected chi connectivity index (χ3v) is 1.98. The van der Waals surface area contributed by atoms with Gasteiger partial charge >= 0.3 is 0 Å². The molecule has 0 amide bonds. The van der Waals surface area contributed by atoms with E-state index in [1.165, 1.54) is 0 Å². The summed E-state index contributed by atoms with van der Waals surface area (Å²) in [5.74, 6) is 0.838. The summed E-state index contributed by atoms with van der Waals surface area (Å²) >= 11 is 0. The Labute approximate surface area is 95.9 Å². The zero-order chi connectivity index (χ0) is 11.8. The van der Waals surface area contributed by atoms with Crippen molar-refractivity contribution in [2.45, 2.75) is 6.92 Å². The Hall–Kier alpha value is -1.79. The van der Waals surface area contributed by atoms with Crippen LogP contribution in [0.1, 0.15) is 12.5 Å². The molecule has 3 nitrogen and oxygen atoms in total. The van der Waals surface area contributed by atoms with Crippen LogP contribution in [0, 0.1) is 11.3 Å². The lowest BCUT2D eigenvalue weighted by molar-refractivity contribution is 0.229. The van der Waals surface area contributed by atoms with Gasteiger partial charge in [0.15, 0.2) is 0 Å². The molecule has 0 bridgehead atoms. The minimum Gasteiger partial charge on any atom is -0.494 e. The van der Waals surface area contributed by atoms with Crippen LogP contribution in [-0.2, 0) is 4.74 Å². The van der Waals surface area contributed by atoms with Crippen molar-refractivity contribution in [3.05, 3.63) is 35.4 Å². The van der Waals surface area contributed by atoms with Gasteiger partial charge in [-0.2, -0.15) is 5.26 Å². The number of nitriles is 1. The lowest BCUT2D eigenvalue weighted by Crippen LogP contribution is -1.92. The van der Waals surface area contributed by atoms with E-state index < -0.39 is 0 Å². The smallest absolute Gasteiger partial charge is 0.119 e. The monoisotopic (exact) mass is 217 g/mol. The SMILES string of the molecule is CCOc1ccc(C=C(C#N)COC)cc1. The maximum absolute atomic E-state index is 8.83. The van der Waals surface area contributed by atoms with Crippen molar-refractivity contribution in [2.24, 2.45) is 0 Å². The molecule has 0 saturated carbocycles. The first-order chi connectivity index (χ1) is 7.80. The number of hydrogen-bond donors (Lipinski definition) is 0. The molecule has 84 valence electrons. The van der Waals surface area contributed by atoms with Gasteiger partial charge in [-0.1, -0.05) is 12.1 Å². The number of rotatable bonds is 5. The number of benzene rings is 1. The molecule has 0 aliphatic carbocycles. The highest BCUT2D eigenvalue weighted by molar-refractivity contribution is 5.57. The van der Waals surface area contributed by atoms with Crippen molar-refractivity contribution < 1.29 is 9.47 Å². The fourth-order valence-electron chi connectivity index (χ4n) is 1.29. The zero-order valence-electron chi connectivity index (χ0n) is 9.56. The Morgan fingerprint density at radius 3 is 2.56 bits per heavy atom. The summed E-state index contributed by atoms with van der Waals surface area (Å²) in [6.45, 7) is 2.94. The van der Waals surface area contributed by atoms with Gasteiger partial charge in [-0.15, -0.1) is 0 Å². The molecule has 0 saturated heterocycles. The Kier molecular flexibility index (Phi) is 5.10. The lowest BCUT2D eigenvalue weighted by atomic mass is 10.1. The standard InChI is InChI=1S/C13H15NO2/c1-3-16-13-6-4-11(5-7-13)8-12(9-14)10-15-2/h4-8H,3,10H2,1-2H3. The Bertz CT molecular complexity index is 387. The number of methoxy groups -OCH3 is 1. The molecule has 0 N–H and O–H groups in total. The van der Waals surface area contributed by atoms with E-state index in [1.807, 2.05) is 31.2 Å². The minimum atomic E-state index is 0.337. The highest BCUT2D eigenvalue weighted by atomic mass is 16.5. The van der Waals surface area contributed by atoms with Crippen LogP contribution in [0.15, 0.2) is 29.8 Å². The summed E-state index contributed by atoms with van der Waals surface area (Å²) < 4.78 is 10.2. The molecule has 0 spiro atoms. The van der Waals surface area contributed by atoms with Crippen molar-refractivity contribution >= 4 is 6.08 Å². The highest BCUT2D eigenvalue weighted by Crippen LogP contribution is 2.14.